The number of hydrogen-bond donors (Lipinski definition) is 1. The Balaban J connectivity index is 1.24. The van der Waals surface area contributed by atoms with Crippen LogP contribution in [0.3, 0.4) is 0 Å². The average Bonchev–Trinajstić information content (AvgIpc) is 3.42. The molecule has 6 heteroatoms. The predicted molar refractivity (Wildman–Crippen MR) is 101 cm³/mol. The lowest BCUT2D eigenvalue weighted by molar-refractivity contribution is -0.140. The fourth-order valence-corrected chi connectivity index (χ4v) is 5.53. The molecule has 1 aromatic carbocycles. The fraction of sp³-hybridized carbons (Fsp3) is 0.476. The molecule has 5 aliphatic rings. The molecule has 6 atom stereocenters. The largest absolute Gasteiger partial charge is 0.326 e. The van der Waals surface area contributed by atoms with E-state index in [1.807, 2.05) is 13.0 Å². The SMILES string of the molecule is Cc1ccc(NC(=O)CCN2C(=O)[C@@H]3[C@H]4C=C[C@@H]([C@@H]5C[C@H]45)[C@H]3C2=O)cc1Cl. The Hall–Kier alpha value is -2.14. The van der Waals surface area contributed by atoms with Gasteiger partial charge in [0.25, 0.3) is 0 Å². The van der Waals surface area contributed by atoms with Gasteiger partial charge in [0.1, 0.15) is 0 Å². The molecule has 3 amide bonds. The van der Waals surface area contributed by atoms with E-state index in [0.29, 0.717) is 22.5 Å². The standard InChI is InChI=1S/C21H21ClN2O3/c1-10-2-3-11(8-16(10)22)23-17(25)6-7-24-20(26)18-12-4-5-13(15-9-14(12)15)19(18)21(24)27/h2-5,8,12-15,18-19H,6-7,9H2,1H3,(H,23,25)/t12-,13-,14-,15+,18+,19+/m0/s1. The van der Waals surface area contributed by atoms with Crippen molar-refractivity contribution < 1.29 is 14.4 Å². The van der Waals surface area contributed by atoms with Crippen LogP contribution < -0.4 is 5.32 Å². The fourth-order valence-electron chi connectivity index (χ4n) is 5.35. The van der Waals surface area contributed by atoms with Crippen molar-refractivity contribution in [2.75, 3.05) is 11.9 Å². The molecule has 27 heavy (non-hydrogen) atoms. The van der Waals surface area contributed by atoms with Crippen LogP contribution in [0.4, 0.5) is 5.69 Å². The predicted octanol–water partition coefficient (Wildman–Crippen LogP) is 3.03. The van der Waals surface area contributed by atoms with Crippen molar-refractivity contribution in [2.24, 2.45) is 35.5 Å². The maximum atomic E-state index is 12.9. The van der Waals surface area contributed by atoms with E-state index in [0.717, 1.165) is 12.0 Å². The highest BCUT2D eigenvalue weighted by Gasteiger charge is 2.66. The Kier molecular flexibility index (Phi) is 3.73. The molecule has 2 bridgehead atoms. The summed E-state index contributed by atoms with van der Waals surface area (Å²) in [7, 11) is 0. The zero-order chi connectivity index (χ0) is 18.9. The van der Waals surface area contributed by atoms with Crippen molar-refractivity contribution >= 4 is 35.0 Å². The molecule has 1 aliphatic heterocycles. The van der Waals surface area contributed by atoms with E-state index in [2.05, 4.69) is 17.5 Å². The molecule has 0 radical (unpaired) electrons. The molecule has 4 aliphatic carbocycles. The number of allylic oxidation sites excluding steroid dienone is 2. The molecule has 1 heterocycles. The summed E-state index contributed by atoms with van der Waals surface area (Å²) < 4.78 is 0. The third kappa shape index (κ3) is 2.55. The topological polar surface area (TPSA) is 66.5 Å². The van der Waals surface area contributed by atoms with E-state index in [4.69, 9.17) is 11.6 Å². The van der Waals surface area contributed by atoms with Gasteiger partial charge in [-0.15, -0.1) is 0 Å². The van der Waals surface area contributed by atoms with Gasteiger partial charge in [-0.25, -0.2) is 0 Å². The van der Waals surface area contributed by atoms with Gasteiger partial charge in [0.05, 0.1) is 11.8 Å². The first-order chi connectivity index (χ1) is 13.0. The van der Waals surface area contributed by atoms with Crippen molar-refractivity contribution in [1.29, 1.82) is 0 Å². The highest BCUT2D eigenvalue weighted by Crippen LogP contribution is 2.65. The van der Waals surface area contributed by atoms with Crippen molar-refractivity contribution in [2.45, 2.75) is 19.8 Å². The van der Waals surface area contributed by atoms with Crippen LogP contribution in [0.2, 0.25) is 5.02 Å². The first-order valence-corrected chi connectivity index (χ1v) is 9.93. The molecule has 0 unspecified atom stereocenters. The number of imide groups is 1. The van der Waals surface area contributed by atoms with E-state index < -0.39 is 0 Å². The van der Waals surface area contributed by atoms with Crippen LogP contribution in [0.15, 0.2) is 30.4 Å². The second-order valence-corrected chi connectivity index (χ2v) is 8.65. The van der Waals surface area contributed by atoms with Crippen LogP contribution in [0.25, 0.3) is 0 Å². The molecule has 1 aromatic rings. The Morgan fingerprint density at radius 3 is 2.37 bits per heavy atom. The number of aryl methyl sites for hydroxylation is 1. The molecule has 2 saturated carbocycles. The van der Waals surface area contributed by atoms with Gasteiger partial charge in [-0.3, -0.25) is 19.3 Å². The van der Waals surface area contributed by atoms with Crippen LogP contribution >= 0.6 is 11.6 Å². The molecule has 0 spiro atoms. The lowest BCUT2D eigenvalue weighted by Crippen LogP contribution is -2.40. The summed E-state index contributed by atoms with van der Waals surface area (Å²) in [5.41, 5.74) is 1.55. The molecule has 1 N–H and O–H groups in total. The van der Waals surface area contributed by atoms with E-state index >= 15 is 0 Å². The van der Waals surface area contributed by atoms with Gasteiger partial charge >= 0.3 is 0 Å². The van der Waals surface area contributed by atoms with Gasteiger partial charge < -0.3 is 5.32 Å². The number of nitrogens with one attached hydrogen (secondary N) is 1. The first kappa shape index (κ1) is 17.0. The second kappa shape index (κ2) is 5.93. The van der Waals surface area contributed by atoms with Crippen LogP contribution in [0.1, 0.15) is 18.4 Å². The zero-order valence-electron chi connectivity index (χ0n) is 15.0. The summed E-state index contributed by atoms with van der Waals surface area (Å²) in [5, 5.41) is 3.37. The van der Waals surface area contributed by atoms with E-state index in [1.165, 1.54) is 4.90 Å². The molecular formula is C21H21ClN2O3. The minimum Gasteiger partial charge on any atom is -0.326 e. The van der Waals surface area contributed by atoms with Gasteiger partial charge in [-0.05, 0) is 54.7 Å². The van der Waals surface area contributed by atoms with Crippen molar-refractivity contribution in [3.63, 3.8) is 0 Å². The molecule has 1 saturated heterocycles. The Morgan fingerprint density at radius 2 is 1.78 bits per heavy atom. The lowest BCUT2D eigenvalue weighted by Gasteiger charge is -2.37. The van der Waals surface area contributed by atoms with Crippen molar-refractivity contribution in [3.05, 3.63) is 40.9 Å². The van der Waals surface area contributed by atoms with Gasteiger partial charge in [-0.1, -0.05) is 29.8 Å². The summed E-state index contributed by atoms with van der Waals surface area (Å²) in [6.45, 7) is 2.04. The first-order valence-electron chi connectivity index (χ1n) is 9.55. The van der Waals surface area contributed by atoms with Gasteiger partial charge in [0.15, 0.2) is 0 Å². The van der Waals surface area contributed by atoms with Crippen molar-refractivity contribution in [1.82, 2.24) is 4.90 Å². The Morgan fingerprint density at radius 1 is 1.15 bits per heavy atom. The number of amides is 3. The van der Waals surface area contributed by atoms with Gasteiger partial charge in [-0.2, -0.15) is 0 Å². The molecule has 140 valence electrons. The highest BCUT2D eigenvalue weighted by atomic mass is 35.5. The Labute approximate surface area is 162 Å². The maximum absolute atomic E-state index is 12.9. The number of carbonyl (C=O) groups is 3. The number of likely N-dealkylation sites (tertiary alicyclic amines) is 1. The number of benzene rings is 1. The molecule has 6 rings (SSSR count). The number of carbonyl (C=O) groups excluding carboxylic acids is 3. The quantitative estimate of drug-likeness (QED) is 0.641. The Bertz CT molecular complexity index is 859. The molecule has 0 aromatic heterocycles. The van der Waals surface area contributed by atoms with Gasteiger partial charge in [0, 0.05) is 23.7 Å². The normalized spacial score (nSPS) is 35.3. The minimum atomic E-state index is -0.227. The van der Waals surface area contributed by atoms with Crippen LogP contribution in [-0.4, -0.2) is 29.2 Å². The number of nitrogens with zero attached hydrogens (tertiary/aromatic N) is 1. The number of hydrogen-bond acceptors (Lipinski definition) is 3. The second-order valence-electron chi connectivity index (χ2n) is 8.24. The molecule has 3 fully saturated rings. The van der Waals surface area contributed by atoms with Crippen LogP contribution in [-0.2, 0) is 14.4 Å². The lowest BCUT2D eigenvalue weighted by atomic mass is 9.63. The molecular weight excluding hydrogens is 364 g/mol. The smallest absolute Gasteiger partial charge is 0.233 e. The molecule has 5 nitrogen and oxygen atoms in total. The number of anilines is 1. The van der Waals surface area contributed by atoms with Crippen LogP contribution in [0.5, 0.6) is 0 Å². The van der Waals surface area contributed by atoms with E-state index in [-0.39, 0.29) is 54.4 Å². The highest BCUT2D eigenvalue weighted by molar-refractivity contribution is 6.31. The maximum Gasteiger partial charge on any atom is 0.233 e. The zero-order valence-corrected chi connectivity index (χ0v) is 15.8. The summed E-state index contributed by atoms with van der Waals surface area (Å²) in [6.07, 6.45) is 5.56. The summed E-state index contributed by atoms with van der Waals surface area (Å²) >= 11 is 6.08. The third-order valence-corrected chi connectivity index (χ3v) is 7.18. The van der Waals surface area contributed by atoms with Crippen molar-refractivity contribution in [3.8, 4) is 0 Å². The monoisotopic (exact) mass is 384 g/mol. The van der Waals surface area contributed by atoms with E-state index in [9.17, 15) is 14.4 Å². The van der Waals surface area contributed by atoms with E-state index in [1.54, 1.807) is 12.1 Å². The number of halogens is 1. The summed E-state index contributed by atoms with van der Waals surface area (Å²) in [5.74, 6) is 0.826. The van der Waals surface area contributed by atoms with Gasteiger partial charge in [0.2, 0.25) is 17.7 Å². The summed E-state index contributed by atoms with van der Waals surface area (Å²) in [4.78, 5) is 39.4. The third-order valence-electron chi connectivity index (χ3n) is 6.77. The van der Waals surface area contributed by atoms with Crippen LogP contribution in [0, 0.1) is 42.4 Å². The minimum absolute atomic E-state index is 0.0825. The number of rotatable bonds is 4. The average molecular weight is 385 g/mol. The summed E-state index contributed by atoms with van der Waals surface area (Å²) in [6, 6.07) is 5.32.